The third-order valence-corrected chi connectivity index (χ3v) is 5.80. The van der Waals surface area contributed by atoms with Crippen molar-refractivity contribution in [1.82, 2.24) is 15.3 Å². The smallest absolute Gasteiger partial charge is 0.407 e. The first-order chi connectivity index (χ1) is 18.5. The highest BCUT2D eigenvalue weighted by atomic mass is 19.1. The topological polar surface area (TPSA) is 131 Å². The largest absolute Gasteiger partial charge is 0.444 e. The Labute approximate surface area is 226 Å². The van der Waals surface area contributed by atoms with Gasteiger partial charge in [0.05, 0.1) is 23.2 Å². The molecular formula is C29H31FN6O3. The number of primary amides is 1. The van der Waals surface area contributed by atoms with E-state index in [4.69, 9.17) is 10.5 Å². The Balaban J connectivity index is 1.67. The molecule has 4 aromatic rings. The van der Waals surface area contributed by atoms with Gasteiger partial charge in [-0.25, -0.2) is 14.2 Å². The molecule has 5 N–H and O–H groups in total. The Kier molecular flexibility index (Phi) is 7.94. The molecule has 2 atom stereocenters. The van der Waals surface area contributed by atoms with Crippen LogP contribution in [-0.2, 0) is 4.74 Å². The first kappa shape index (κ1) is 27.3. The Morgan fingerprint density at radius 3 is 2.44 bits per heavy atom. The van der Waals surface area contributed by atoms with Gasteiger partial charge in [-0.1, -0.05) is 36.4 Å². The van der Waals surface area contributed by atoms with Crippen molar-refractivity contribution in [3.8, 4) is 0 Å². The quantitative estimate of drug-likeness (QED) is 0.231. The van der Waals surface area contributed by atoms with Crippen LogP contribution in [0.3, 0.4) is 0 Å². The van der Waals surface area contributed by atoms with Gasteiger partial charge in [0.25, 0.3) is 5.91 Å². The molecule has 0 saturated heterocycles. The lowest BCUT2D eigenvalue weighted by Crippen LogP contribution is -2.42. The normalized spacial score (nSPS) is 12.8. The van der Waals surface area contributed by atoms with Gasteiger partial charge < -0.3 is 26.4 Å². The summed E-state index contributed by atoms with van der Waals surface area (Å²) in [6, 6.07) is 18.3. The number of nitrogens with one attached hydrogen (secondary N) is 3. The van der Waals surface area contributed by atoms with Crippen molar-refractivity contribution in [1.29, 1.82) is 0 Å². The molecule has 10 heteroatoms. The third kappa shape index (κ3) is 6.98. The maximum atomic E-state index is 15.3. The average molecular weight is 531 g/mol. The van der Waals surface area contributed by atoms with E-state index in [9.17, 15) is 9.59 Å². The van der Waals surface area contributed by atoms with Crippen molar-refractivity contribution in [2.75, 3.05) is 10.6 Å². The van der Waals surface area contributed by atoms with Crippen molar-refractivity contribution < 1.29 is 18.7 Å². The number of halogens is 1. The lowest BCUT2D eigenvalue weighted by Gasteiger charge is -2.29. The highest BCUT2D eigenvalue weighted by Crippen LogP contribution is 2.29. The van der Waals surface area contributed by atoms with E-state index in [1.165, 1.54) is 0 Å². The molecule has 0 aliphatic rings. The number of aromatic nitrogens is 2. The fourth-order valence-corrected chi connectivity index (χ4v) is 4.04. The molecule has 0 spiro atoms. The van der Waals surface area contributed by atoms with Crippen LogP contribution in [0.1, 0.15) is 49.7 Å². The third-order valence-electron chi connectivity index (χ3n) is 5.80. The predicted octanol–water partition coefficient (Wildman–Crippen LogP) is 5.68. The van der Waals surface area contributed by atoms with E-state index >= 15 is 4.39 Å². The van der Waals surface area contributed by atoms with Crippen molar-refractivity contribution in [3.05, 3.63) is 89.9 Å². The van der Waals surface area contributed by atoms with Crippen LogP contribution in [0.2, 0.25) is 0 Å². The molecule has 0 unspecified atom stereocenters. The van der Waals surface area contributed by atoms with Gasteiger partial charge in [-0.3, -0.25) is 9.78 Å². The minimum Gasteiger partial charge on any atom is -0.444 e. The zero-order valence-electron chi connectivity index (χ0n) is 22.2. The Bertz CT molecular complexity index is 1490. The van der Waals surface area contributed by atoms with Crippen LogP contribution < -0.4 is 21.7 Å². The van der Waals surface area contributed by atoms with Gasteiger partial charge in [0.15, 0.2) is 11.6 Å². The number of carbonyl (C=O) groups excluding carboxylic acids is 2. The Morgan fingerprint density at radius 2 is 1.74 bits per heavy atom. The summed E-state index contributed by atoms with van der Waals surface area (Å²) < 4.78 is 20.7. The van der Waals surface area contributed by atoms with Gasteiger partial charge >= 0.3 is 6.09 Å². The van der Waals surface area contributed by atoms with E-state index in [2.05, 4.69) is 25.9 Å². The summed E-state index contributed by atoms with van der Waals surface area (Å²) in [5.74, 6) is -1.66. The number of ether oxygens (including phenoxy) is 1. The van der Waals surface area contributed by atoms with Gasteiger partial charge in [-0.2, -0.15) is 0 Å². The van der Waals surface area contributed by atoms with Gasteiger partial charge in [0, 0.05) is 17.3 Å². The number of nitrogens with zero attached hydrogens (tertiary/aromatic N) is 2. The Morgan fingerprint density at radius 1 is 1.00 bits per heavy atom. The highest BCUT2D eigenvalue weighted by molar-refractivity contribution is 5.99. The molecule has 202 valence electrons. The first-order valence-electron chi connectivity index (χ1n) is 12.4. The number of amides is 2. The zero-order chi connectivity index (χ0) is 28.2. The van der Waals surface area contributed by atoms with Gasteiger partial charge in [-0.15, -0.1) is 0 Å². The van der Waals surface area contributed by atoms with Crippen molar-refractivity contribution in [2.45, 2.75) is 45.4 Å². The lowest BCUT2D eigenvalue weighted by atomic mass is 10.0. The molecule has 39 heavy (non-hydrogen) atoms. The van der Waals surface area contributed by atoms with E-state index < -0.39 is 35.5 Å². The second-order valence-electron chi connectivity index (χ2n) is 10.1. The first-order valence-corrected chi connectivity index (χ1v) is 12.4. The highest BCUT2D eigenvalue weighted by Gasteiger charge is 2.26. The SMILES string of the molecule is C[C@H](NC(=O)OC(C)(C)C)[C@H](Nc1nc(Nc2ccc3ncccc3c2)c(C(N)=O)cc1F)c1ccccc1. The summed E-state index contributed by atoms with van der Waals surface area (Å²) in [7, 11) is 0. The van der Waals surface area contributed by atoms with Crippen LogP contribution >= 0.6 is 0 Å². The van der Waals surface area contributed by atoms with Crippen molar-refractivity contribution in [3.63, 3.8) is 0 Å². The van der Waals surface area contributed by atoms with Crippen LogP contribution in [0.4, 0.5) is 26.5 Å². The van der Waals surface area contributed by atoms with Gasteiger partial charge in [0.2, 0.25) is 0 Å². The maximum Gasteiger partial charge on any atom is 0.407 e. The van der Waals surface area contributed by atoms with Crippen LogP contribution in [0, 0.1) is 5.82 Å². The molecule has 0 radical (unpaired) electrons. The van der Waals surface area contributed by atoms with Gasteiger partial charge in [0.1, 0.15) is 11.4 Å². The summed E-state index contributed by atoms with van der Waals surface area (Å²) >= 11 is 0. The van der Waals surface area contributed by atoms with Crippen LogP contribution in [0.15, 0.2) is 72.9 Å². The standard InChI is InChI=1S/C29H31FN6O3/c1-17(33-28(38)39-29(2,3)4)24(18-9-6-5-7-10-18)35-27-22(30)16-21(25(31)37)26(36-27)34-20-12-13-23-19(15-20)11-8-14-32-23/h5-17,24H,1-4H3,(H2,31,37)(H,33,38)(H2,34,35,36)/t17-,24-/m0/s1. The molecule has 2 amide bonds. The van der Waals surface area contributed by atoms with Gasteiger partial charge in [-0.05, 0) is 63.6 Å². The molecule has 0 aliphatic carbocycles. The predicted molar refractivity (Wildman–Crippen MR) is 149 cm³/mol. The van der Waals surface area contributed by atoms with Crippen molar-refractivity contribution >= 4 is 40.2 Å². The van der Waals surface area contributed by atoms with Crippen molar-refractivity contribution in [2.24, 2.45) is 5.73 Å². The maximum absolute atomic E-state index is 15.3. The number of hydrogen-bond donors (Lipinski definition) is 4. The van der Waals surface area contributed by atoms with E-state index in [1.54, 1.807) is 40.0 Å². The molecule has 0 fully saturated rings. The number of rotatable bonds is 8. The molecule has 2 aromatic carbocycles. The average Bonchev–Trinajstić information content (AvgIpc) is 2.87. The van der Waals surface area contributed by atoms with E-state index in [-0.39, 0.29) is 17.2 Å². The fourth-order valence-electron chi connectivity index (χ4n) is 4.04. The monoisotopic (exact) mass is 530 g/mol. The summed E-state index contributed by atoms with van der Waals surface area (Å²) in [6.07, 6.45) is 1.09. The number of fused-ring (bicyclic) bond motifs is 1. The molecule has 2 aromatic heterocycles. The Hall–Kier alpha value is -4.73. The summed E-state index contributed by atoms with van der Waals surface area (Å²) in [6.45, 7) is 7.07. The number of alkyl carbamates (subject to hydrolysis) is 1. The molecule has 0 aliphatic heterocycles. The lowest BCUT2D eigenvalue weighted by molar-refractivity contribution is 0.0503. The number of pyridine rings is 2. The second-order valence-corrected chi connectivity index (χ2v) is 10.1. The van der Waals surface area contributed by atoms with E-state index in [0.717, 1.165) is 22.5 Å². The molecule has 9 nitrogen and oxygen atoms in total. The van der Waals surface area contributed by atoms with Crippen LogP contribution in [-0.4, -0.2) is 33.6 Å². The number of hydrogen-bond acceptors (Lipinski definition) is 7. The summed E-state index contributed by atoms with van der Waals surface area (Å²) in [5, 5.41) is 9.85. The minimum absolute atomic E-state index is 0.0780. The minimum atomic E-state index is -0.836. The molecule has 2 heterocycles. The zero-order valence-corrected chi connectivity index (χ0v) is 22.2. The number of nitrogens with two attached hydrogens (primary N) is 1. The molecular weight excluding hydrogens is 499 g/mol. The molecule has 0 saturated carbocycles. The number of benzene rings is 2. The van der Waals surface area contributed by atoms with Crippen LogP contribution in [0.25, 0.3) is 10.9 Å². The fraction of sp³-hybridized carbons (Fsp3) is 0.241. The van der Waals surface area contributed by atoms with Crippen LogP contribution in [0.5, 0.6) is 0 Å². The number of carbonyl (C=O) groups is 2. The summed E-state index contributed by atoms with van der Waals surface area (Å²) in [5.41, 5.74) is 6.94. The molecule has 0 bridgehead atoms. The number of anilines is 3. The summed E-state index contributed by atoms with van der Waals surface area (Å²) in [4.78, 5) is 33.3. The second kappa shape index (κ2) is 11.3. The van der Waals surface area contributed by atoms with E-state index in [0.29, 0.717) is 5.69 Å². The molecule has 4 rings (SSSR count). The van der Waals surface area contributed by atoms with E-state index in [1.807, 2.05) is 54.6 Å².